The summed E-state index contributed by atoms with van der Waals surface area (Å²) in [5.74, 6) is 0.710. The van der Waals surface area contributed by atoms with Gasteiger partial charge in [-0.3, -0.25) is 0 Å². The van der Waals surface area contributed by atoms with Gasteiger partial charge in [0.25, 0.3) is 0 Å². The molecule has 0 spiro atoms. The van der Waals surface area contributed by atoms with Gasteiger partial charge in [0, 0.05) is 38.2 Å². The van der Waals surface area contributed by atoms with E-state index in [9.17, 15) is 0 Å². The molecule has 8 rings (SSSR count). The average molecular weight is 536 g/mol. The van der Waals surface area contributed by atoms with Gasteiger partial charge in [0.1, 0.15) is 0 Å². The number of fused-ring (bicyclic) bond motifs is 4. The van der Waals surface area contributed by atoms with Crippen LogP contribution in [0.15, 0.2) is 152 Å². The smallest absolute Gasteiger partial charge is 0.160 e. The topological polar surface area (TPSA) is 38.7 Å². The molecule has 0 N–H and O–H groups in total. The fraction of sp³-hybridized carbons (Fsp3) is 0. The van der Waals surface area contributed by atoms with Crippen molar-refractivity contribution >= 4 is 32.6 Å². The summed E-state index contributed by atoms with van der Waals surface area (Å²) in [6.45, 7) is 0. The summed E-state index contributed by atoms with van der Waals surface area (Å²) in [5.41, 5.74) is 9.34. The van der Waals surface area contributed by atoms with E-state index in [2.05, 4.69) is 121 Å². The summed E-state index contributed by atoms with van der Waals surface area (Å²) in [6, 6.07) is 52.6. The molecule has 2 heterocycles. The van der Waals surface area contributed by atoms with E-state index >= 15 is 0 Å². The van der Waals surface area contributed by atoms with E-state index in [0.29, 0.717) is 5.82 Å². The Labute approximate surface area is 243 Å². The van der Waals surface area contributed by atoms with Crippen LogP contribution in [0.2, 0.25) is 0 Å². The maximum atomic E-state index is 5.17. The van der Waals surface area contributed by atoms with Crippen LogP contribution in [0.3, 0.4) is 0 Å². The van der Waals surface area contributed by atoms with Crippen molar-refractivity contribution in [2.75, 3.05) is 0 Å². The standard InChI is InChI=1S/C39H25N3/c1-3-12-26(13-4-1)30-18-11-19-33-36(30)31-16-7-9-20-34(31)40-38(33)28-22-24-29(25-23-28)39-41-35-21-10-8-17-32(35)37(42-39)27-14-5-2-6-15-27/h1-25H. The Morgan fingerprint density at radius 3 is 1.57 bits per heavy atom. The molecule has 0 radical (unpaired) electrons. The molecule has 0 aliphatic rings. The molecule has 0 saturated carbocycles. The molecule has 0 aliphatic carbocycles. The van der Waals surface area contributed by atoms with Gasteiger partial charge in [-0.1, -0.05) is 140 Å². The SMILES string of the molecule is c1ccc(-c2nc(-c3ccc(-c4nc5ccccc5c5c(-c6ccccc6)cccc45)cc3)nc3ccccc23)cc1. The highest BCUT2D eigenvalue weighted by molar-refractivity contribution is 6.17. The summed E-state index contributed by atoms with van der Waals surface area (Å²) in [6.07, 6.45) is 0. The zero-order valence-corrected chi connectivity index (χ0v) is 22.8. The highest BCUT2D eigenvalue weighted by Crippen LogP contribution is 2.39. The maximum absolute atomic E-state index is 5.17. The fourth-order valence-electron chi connectivity index (χ4n) is 5.88. The van der Waals surface area contributed by atoms with Crippen molar-refractivity contribution in [2.24, 2.45) is 0 Å². The Balaban J connectivity index is 1.29. The van der Waals surface area contributed by atoms with Gasteiger partial charge < -0.3 is 0 Å². The minimum atomic E-state index is 0.710. The maximum Gasteiger partial charge on any atom is 0.160 e. The monoisotopic (exact) mass is 535 g/mol. The number of nitrogens with zero attached hydrogens (tertiary/aromatic N) is 3. The summed E-state index contributed by atoms with van der Waals surface area (Å²) in [5, 5.41) is 4.56. The lowest BCUT2D eigenvalue weighted by atomic mass is 9.93. The van der Waals surface area contributed by atoms with Crippen LogP contribution in [-0.2, 0) is 0 Å². The molecule has 3 nitrogen and oxygen atoms in total. The number of rotatable bonds is 4. The zero-order valence-electron chi connectivity index (χ0n) is 22.8. The van der Waals surface area contributed by atoms with Crippen molar-refractivity contribution in [2.45, 2.75) is 0 Å². The van der Waals surface area contributed by atoms with Gasteiger partial charge in [-0.15, -0.1) is 0 Å². The predicted octanol–water partition coefficient (Wildman–Crippen LogP) is 10.00. The van der Waals surface area contributed by atoms with Gasteiger partial charge in [0.2, 0.25) is 0 Å². The largest absolute Gasteiger partial charge is 0.247 e. The molecule has 196 valence electrons. The molecule has 0 saturated heterocycles. The van der Waals surface area contributed by atoms with Crippen molar-refractivity contribution in [3.05, 3.63) is 152 Å². The van der Waals surface area contributed by atoms with E-state index in [1.54, 1.807) is 0 Å². The minimum Gasteiger partial charge on any atom is -0.247 e. The molecule has 0 bridgehead atoms. The second kappa shape index (κ2) is 10.1. The Morgan fingerprint density at radius 1 is 0.310 bits per heavy atom. The number of hydrogen-bond acceptors (Lipinski definition) is 3. The molecule has 6 aromatic carbocycles. The number of aromatic nitrogens is 3. The molecule has 42 heavy (non-hydrogen) atoms. The normalized spacial score (nSPS) is 11.3. The van der Waals surface area contributed by atoms with Crippen LogP contribution in [0.5, 0.6) is 0 Å². The van der Waals surface area contributed by atoms with Gasteiger partial charge in [-0.2, -0.15) is 0 Å². The lowest BCUT2D eigenvalue weighted by molar-refractivity contribution is 1.23. The van der Waals surface area contributed by atoms with E-state index in [1.807, 2.05) is 30.3 Å². The van der Waals surface area contributed by atoms with Crippen LogP contribution in [0.25, 0.3) is 77.6 Å². The molecule has 0 amide bonds. The first-order valence-corrected chi connectivity index (χ1v) is 14.1. The molecule has 0 unspecified atom stereocenters. The first-order chi connectivity index (χ1) is 20.8. The van der Waals surface area contributed by atoms with Gasteiger partial charge in [0.05, 0.1) is 22.4 Å². The third kappa shape index (κ3) is 4.11. The van der Waals surface area contributed by atoms with Crippen molar-refractivity contribution in [3.8, 4) is 45.0 Å². The number of para-hydroxylation sites is 2. The van der Waals surface area contributed by atoms with Crippen molar-refractivity contribution in [1.82, 2.24) is 15.0 Å². The number of pyridine rings is 1. The molecule has 8 aromatic rings. The van der Waals surface area contributed by atoms with Gasteiger partial charge >= 0.3 is 0 Å². The van der Waals surface area contributed by atoms with Gasteiger partial charge in [-0.25, -0.2) is 15.0 Å². The second-order valence-electron chi connectivity index (χ2n) is 10.4. The molecule has 3 heteroatoms. The second-order valence-corrected chi connectivity index (χ2v) is 10.4. The quantitative estimate of drug-likeness (QED) is 0.211. The highest BCUT2D eigenvalue weighted by atomic mass is 14.9. The van der Waals surface area contributed by atoms with Gasteiger partial charge in [0.15, 0.2) is 5.82 Å². The predicted molar refractivity (Wildman–Crippen MR) is 174 cm³/mol. The van der Waals surface area contributed by atoms with Crippen molar-refractivity contribution < 1.29 is 0 Å². The minimum absolute atomic E-state index is 0.710. The van der Waals surface area contributed by atoms with E-state index in [1.165, 1.54) is 16.5 Å². The fourth-order valence-corrected chi connectivity index (χ4v) is 5.88. The number of hydrogen-bond donors (Lipinski definition) is 0. The molecular weight excluding hydrogens is 510 g/mol. The zero-order chi connectivity index (χ0) is 27.9. The van der Waals surface area contributed by atoms with Crippen LogP contribution in [-0.4, -0.2) is 15.0 Å². The summed E-state index contributed by atoms with van der Waals surface area (Å²) in [7, 11) is 0. The third-order valence-electron chi connectivity index (χ3n) is 7.88. The van der Waals surface area contributed by atoms with Crippen LogP contribution in [0, 0.1) is 0 Å². The summed E-state index contributed by atoms with van der Waals surface area (Å²) < 4.78 is 0. The van der Waals surface area contributed by atoms with E-state index < -0.39 is 0 Å². The van der Waals surface area contributed by atoms with Crippen LogP contribution < -0.4 is 0 Å². The van der Waals surface area contributed by atoms with Crippen LogP contribution in [0.1, 0.15) is 0 Å². The summed E-state index contributed by atoms with van der Waals surface area (Å²) >= 11 is 0. The molecule has 2 aromatic heterocycles. The lowest BCUT2D eigenvalue weighted by Gasteiger charge is -2.14. The van der Waals surface area contributed by atoms with Crippen LogP contribution in [0.4, 0.5) is 0 Å². The Bertz CT molecular complexity index is 2220. The Hall–Kier alpha value is -5.67. The highest BCUT2D eigenvalue weighted by Gasteiger charge is 2.15. The first-order valence-electron chi connectivity index (χ1n) is 14.1. The number of benzene rings is 6. The summed E-state index contributed by atoms with van der Waals surface area (Å²) in [4.78, 5) is 15.2. The molecular formula is C39H25N3. The first kappa shape index (κ1) is 24.2. The molecule has 0 aliphatic heterocycles. The van der Waals surface area contributed by atoms with Gasteiger partial charge in [-0.05, 0) is 23.3 Å². The molecule has 0 fully saturated rings. The third-order valence-corrected chi connectivity index (χ3v) is 7.88. The Kier molecular flexibility index (Phi) is 5.79. The van der Waals surface area contributed by atoms with Crippen molar-refractivity contribution in [1.29, 1.82) is 0 Å². The van der Waals surface area contributed by atoms with E-state index in [-0.39, 0.29) is 0 Å². The Morgan fingerprint density at radius 2 is 0.833 bits per heavy atom. The molecule has 0 atom stereocenters. The lowest BCUT2D eigenvalue weighted by Crippen LogP contribution is -1.95. The van der Waals surface area contributed by atoms with Crippen LogP contribution >= 0.6 is 0 Å². The van der Waals surface area contributed by atoms with E-state index in [0.717, 1.165) is 55.3 Å². The van der Waals surface area contributed by atoms with E-state index in [4.69, 9.17) is 15.0 Å². The average Bonchev–Trinajstić information content (AvgIpc) is 3.08. The van der Waals surface area contributed by atoms with Crippen molar-refractivity contribution in [3.63, 3.8) is 0 Å².